The van der Waals surface area contributed by atoms with E-state index in [9.17, 15) is 25.9 Å². The molecule has 2 aromatic rings. The van der Waals surface area contributed by atoms with Crippen LogP contribution in [0.2, 0.25) is 0 Å². The summed E-state index contributed by atoms with van der Waals surface area (Å²) in [5.74, 6) is 0. The second kappa shape index (κ2) is 74.7. The zero-order valence-corrected chi connectivity index (χ0v) is 67.3. The number of hydrogen-bond donors (Lipinski definition) is 0. The van der Waals surface area contributed by atoms with Crippen molar-refractivity contribution >= 4 is 58.0 Å². The van der Waals surface area contributed by atoms with Crippen LogP contribution >= 0.6 is 0 Å². The molecule has 0 fully saturated rings. The molecular formula is C86H158CaO6S2. The molecule has 0 bridgehead atoms. The predicted molar refractivity (Wildman–Crippen MR) is 417 cm³/mol. The maximum absolute atomic E-state index is 11.0. The summed E-state index contributed by atoms with van der Waals surface area (Å²) in [7, 11) is -8.66. The first kappa shape index (κ1) is 94.5. The third kappa shape index (κ3) is 70.4. The molecule has 0 aliphatic heterocycles. The van der Waals surface area contributed by atoms with Gasteiger partial charge in [-0.2, -0.15) is 0 Å². The molecule has 552 valence electrons. The largest absolute Gasteiger partial charge is 2.00 e. The third-order valence-electron chi connectivity index (χ3n) is 20.6. The number of hydrogen-bond acceptors (Lipinski definition) is 6. The van der Waals surface area contributed by atoms with E-state index in [1.165, 1.54) is 461 Å². The van der Waals surface area contributed by atoms with Crippen LogP contribution in [0, 0.1) is 0 Å². The van der Waals surface area contributed by atoms with E-state index in [0.717, 1.165) is 36.8 Å². The fourth-order valence-corrected chi connectivity index (χ4v) is 15.1. The van der Waals surface area contributed by atoms with Crippen LogP contribution in [0.5, 0.6) is 0 Å². The van der Waals surface area contributed by atoms with E-state index < -0.39 is 20.2 Å². The second-order valence-electron chi connectivity index (χ2n) is 29.7. The summed E-state index contributed by atoms with van der Waals surface area (Å²) in [6, 6.07) is 12.8. The van der Waals surface area contributed by atoms with E-state index in [-0.39, 0.29) is 47.5 Å². The van der Waals surface area contributed by atoms with Gasteiger partial charge in [-0.05, 0) is 61.1 Å². The summed E-state index contributed by atoms with van der Waals surface area (Å²) >= 11 is 0. The molecule has 9 heteroatoms. The first-order valence-corrected chi connectivity index (χ1v) is 45.0. The van der Waals surface area contributed by atoms with Crippen molar-refractivity contribution in [2.45, 2.75) is 486 Å². The summed E-state index contributed by atoms with van der Waals surface area (Å²) in [5, 5.41) is 0. The Labute approximate surface area is 624 Å². The standard InChI is InChI=1S/2C43H80O3S.Ca/c2*1-2-3-4-5-6-7-8-9-10-11-12-13-14-15-16-17-18-19-20-21-22-23-24-25-26-27-28-29-30-31-32-33-34-35-36-37-42-38-40-43(41-39-42)47(44,45)46;/h2*38-41H,2-37H2,1H3,(H,44,45,46);/q;;+2/p-2. The summed E-state index contributed by atoms with van der Waals surface area (Å²) in [6.07, 6.45) is 102. The van der Waals surface area contributed by atoms with Gasteiger partial charge >= 0.3 is 37.7 Å². The summed E-state index contributed by atoms with van der Waals surface area (Å²) in [4.78, 5) is -0.264. The smallest absolute Gasteiger partial charge is 0.744 e. The van der Waals surface area contributed by atoms with Crippen molar-refractivity contribution in [3.05, 3.63) is 59.7 Å². The molecule has 2 aromatic carbocycles. The molecule has 0 aliphatic carbocycles. The monoisotopic (exact) mass is 1390 g/mol. The van der Waals surface area contributed by atoms with E-state index >= 15 is 0 Å². The molecule has 6 nitrogen and oxygen atoms in total. The maximum atomic E-state index is 11.0. The summed E-state index contributed by atoms with van der Waals surface area (Å²) < 4.78 is 66.0. The van der Waals surface area contributed by atoms with Gasteiger partial charge in [0.2, 0.25) is 0 Å². The van der Waals surface area contributed by atoms with Crippen LogP contribution in [0.4, 0.5) is 0 Å². The molecule has 95 heavy (non-hydrogen) atoms. The van der Waals surface area contributed by atoms with Crippen molar-refractivity contribution in [2.75, 3.05) is 0 Å². The van der Waals surface area contributed by atoms with Crippen LogP contribution in [0.25, 0.3) is 0 Å². The zero-order valence-electron chi connectivity index (χ0n) is 63.5. The Kier molecular flexibility index (Phi) is 74.3. The Balaban J connectivity index is 0.00000184. The van der Waals surface area contributed by atoms with Gasteiger partial charge in [0.15, 0.2) is 0 Å². The SMILES string of the molecule is CCCCCCCCCCCCCCCCCCCCCCCCCCCCCCCCCCCCCc1ccc(S(=O)(=O)[O-])cc1.CCCCCCCCCCCCCCCCCCCCCCCCCCCCCCCCCCCCCc1ccc(S(=O)(=O)[O-])cc1.[Ca+2]. The molecule has 0 spiro atoms. The Morgan fingerprint density at radius 3 is 0.400 bits per heavy atom. The van der Waals surface area contributed by atoms with E-state index in [1.54, 1.807) is 24.3 Å². The van der Waals surface area contributed by atoms with Gasteiger partial charge in [0.05, 0.1) is 9.79 Å². The molecule has 0 aromatic heterocycles. The maximum Gasteiger partial charge on any atom is 2.00 e. The molecule has 0 N–H and O–H groups in total. The average molecular weight is 1390 g/mol. The van der Waals surface area contributed by atoms with E-state index in [2.05, 4.69) is 13.8 Å². The quantitative estimate of drug-likeness (QED) is 0.0370. The summed E-state index contributed by atoms with van der Waals surface area (Å²) in [5.41, 5.74) is 2.23. The van der Waals surface area contributed by atoms with Gasteiger partial charge in [-0.15, -0.1) is 0 Å². The Morgan fingerprint density at radius 1 is 0.189 bits per heavy atom. The van der Waals surface area contributed by atoms with Gasteiger partial charge in [-0.1, -0.05) is 475 Å². The van der Waals surface area contributed by atoms with Gasteiger partial charge in [-0.25, -0.2) is 16.8 Å². The molecule has 0 saturated carbocycles. The topological polar surface area (TPSA) is 114 Å². The van der Waals surface area contributed by atoms with Crippen LogP contribution in [0.1, 0.15) is 474 Å². The molecule has 0 heterocycles. The van der Waals surface area contributed by atoms with Crippen LogP contribution in [0.15, 0.2) is 58.3 Å². The third-order valence-corrected chi connectivity index (χ3v) is 22.3. The minimum Gasteiger partial charge on any atom is -0.744 e. The molecule has 0 unspecified atom stereocenters. The summed E-state index contributed by atoms with van der Waals surface area (Å²) in [6.45, 7) is 4.60. The van der Waals surface area contributed by atoms with E-state index in [0.29, 0.717) is 0 Å². The zero-order chi connectivity index (χ0) is 67.9. The van der Waals surface area contributed by atoms with Crippen molar-refractivity contribution in [3.63, 3.8) is 0 Å². The number of aryl methyl sites for hydroxylation is 2. The van der Waals surface area contributed by atoms with E-state index in [1.807, 2.05) is 0 Å². The molecule has 0 radical (unpaired) electrons. The second-order valence-corrected chi connectivity index (χ2v) is 32.5. The Morgan fingerprint density at radius 2 is 0.295 bits per heavy atom. The molecule has 0 aliphatic rings. The van der Waals surface area contributed by atoms with Gasteiger partial charge in [0, 0.05) is 0 Å². The molecular weight excluding hydrogens is 1230 g/mol. The average Bonchev–Trinajstić information content (AvgIpc) is 1.10. The van der Waals surface area contributed by atoms with Gasteiger partial charge in [0.1, 0.15) is 20.2 Å². The van der Waals surface area contributed by atoms with E-state index in [4.69, 9.17) is 0 Å². The predicted octanol–water partition coefficient (Wildman–Crippen LogP) is 29.2. The van der Waals surface area contributed by atoms with Crippen LogP contribution in [0.3, 0.4) is 0 Å². The molecule has 0 atom stereocenters. The fraction of sp³-hybridized carbons (Fsp3) is 0.860. The molecule has 0 amide bonds. The Hall–Kier alpha value is -0.480. The molecule has 0 saturated heterocycles. The van der Waals surface area contributed by atoms with Crippen molar-refractivity contribution in [2.24, 2.45) is 0 Å². The Bertz CT molecular complexity index is 1880. The molecule has 2 rings (SSSR count). The number of unbranched alkanes of at least 4 members (excludes halogenated alkanes) is 68. The van der Waals surface area contributed by atoms with Crippen molar-refractivity contribution in [1.29, 1.82) is 0 Å². The number of benzene rings is 2. The van der Waals surface area contributed by atoms with Crippen molar-refractivity contribution in [3.8, 4) is 0 Å². The number of rotatable bonds is 74. The first-order valence-electron chi connectivity index (χ1n) is 42.2. The van der Waals surface area contributed by atoms with Crippen molar-refractivity contribution in [1.82, 2.24) is 0 Å². The minimum absolute atomic E-state index is 0. The first-order chi connectivity index (χ1) is 46.1. The van der Waals surface area contributed by atoms with Crippen LogP contribution in [-0.2, 0) is 33.1 Å². The normalized spacial score (nSPS) is 11.7. The van der Waals surface area contributed by atoms with Crippen molar-refractivity contribution < 1.29 is 25.9 Å². The van der Waals surface area contributed by atoms with Gasteiger partial charge < -0.3 is 9.11 Å². The van der Waals surface area contributed by atoms with Gasteiger partial charge in [0.25, 0.3) is 0 Å². The van der Waals surface area contributed by atoms with Crippen LogP contribution < -0.4 is 0 Å². The van der Waals surface area contributed by atoms with Crippen LogP contribution in [-0.4, -0.2) is 63.7 Å². The van der Waals surface area contributed by atoms with Gasteiger partial charge in [-0.3, -0.25) is 0 Å². The fourth-order valence-electron chi connectivity index (χ4n) is 14.1. The minimum atomic E-state index is -4.33.